The van der Waals surface area contributed by atoms with Gasteiger partial charge in [0.15, 0.2) is 0 Å². The molecule has 0 amide bonds. The lowest BCUT2D eigenvalue weighted by Gasteiger charge is -2.25. The van der Waals surface area contributed by atoms with Gasteiger partial charge in [0.25, 0.3) is 0 Å². The third kappa shape index (κ3) is 2.09. The number of aryl methyl sites for hydroxylation is 1. The summed E-state index contributed by atoms with van der Waals surface area (Å²) in [6.45, 7) is 1.68. The summed E-state index contributed by atoms with van der Waals surface area (Å²) in [5, 5.41) is 8.81. The highest BCUT2D eigenvalue weighted by molar-refractivity contribution is 5.88. The van der Waals surface area contributed by atoms with Crippen LogP contribution >= 0.6 is 0 Å². The Morgan fingerprint density at radius 3 is 2.73 bits per heavy atom. The van der Waals surface area contributed by atoms with Crippen molar-refractivity contribution < 1.29 is 14.6 Å². The van der Waals surface area contributed by atoms with Crippen molar-refractivity contribution in [3.8, 4) is 5.88 Å². The number of carbonyl (C=O) groups is 1. The van der Waals surface area contributed by atoms with Crippen LogP contribution in [0.25, 0.3) is 0 Å². The van der Waals surface area contributed by atoms with Crippen LogP contribution in [0.3, 0.4) is 0 Å². The van der Waals surface area contributed by atoms with Crippen LogP contribution in [0, 0.1) is 6.92 Å². The van der Waals surface area contributed by atoms with Crippen molar-refractivity contribution in [2.75, 3.05) is 0 Å². The Morgan fingerprint density at radius 2 is 2.27 bits per heavy atom. The maximum Gasteiger partial charge on any atom is 0.337 e. The molecule has 0 aromatic carbocycles. The van der Waals surface area contributed by atoms with Gasteiger partial charge in [0, 0.05) is 6.07 Å². The molecule has 1 aliphatic carbocycles. The van der Waals surface area contributed by atoms with E-state index in [9.17, 15) is 4.79 Å². The van der Waals surface area contributed by atoms with Gasteiger partial charge in [0.1, 0.15) is 6.10 Å². The van der Waals surface area contributed by atoms with E-state index < -0.39 is 5.97 Å². The fraction of sp³-hybridized carbons (Fsp3) is 0.455. The van der Waals surface area contributed by atoms with Crippen LogP contribution in [0.15, 0.2) is 12.1 Å². The van der Waals surface area contributed by atoms with Gasteiger partial charge in [-0.3, -0.25) is 0 Å². The van der Waals surface area contributed by atoms with Gasteiger partial charge in [0.2, 0.25) is 5.88 Å². The third-order valence-corrected chi connectivity index (χ3v) is 2.63. The molecule has 15 heavy (non-hydrogen) atoms. The molecule has 1 saturated carbocycles. The van der Waals surface area contributed by atoms with Gasteiger partial charge in [-0.1, -0.05) is 0 Å². The first-order valence-corrected chi connectivity index (χ1v) is 5.04. The summed E-state index contributed by atoms with van der Waals surface area (Å²) in [6, 6.07) is 3.16. The minimum absolute atomic E-state index is 0.232. The number of hydrogen-bond acceptors (Lipinski definition) is 3. The van der Waals surface area contributed by atoms with Crippen LogP contribution in [0.2, 0.25) is 0 Å². The van der Waals surface area contributed by atoms with Gasteiger partial charge < -0.3 is 9.84 Å². The molecule has 4 nitrogen and oxygen atoms in total. The topological polar surface area (TPSA) is 59.4 Å². The molecule has 1 heterocycles. The SMILES string of the molecule is Cc1nc(OC2CCC2)ccc1C(=O)O. The first-order valence-electron chi connectivity index (χ1n) is 5.04. The molecule has 0 radical (unpaired) electrons. The maximum atomic E-state index is 10.7. The third-order valence-electron chi connectivity index (χ3n) is 2.63. The summed E-state index contributed by atoms with van der Waals surface area (Å²) >= 11 is 0. The number of rotatable bonds is 3. The highest BCUT2D eigenvalue weighted by Gasteiger charge is 2.20. The Labute approximate surface area is 87.9 Å². The highest BCUT2D eigenvalue weighted by Crippen LogP contribution is 2.24. The fourth-order valence-electron chi connectivity index (χ4n) is 1.49. The number of aromatic nitrogens is 1. The van der Waals surface area contributed by atoms with Crippen molar-refractivity contribution in [2.24, 2.45) is 0 Å². The minimum Gasteiger partial charge on any atom is -0.478 e. The van der Waals surface area contributed by atoms with Gasteiger partial charge in [-0.15, -0.1) is 0 Å². The van der Waals surface area contributed by atoms with E-state index in [2.05, 4.69) is 4.98 Å². The van der Waals surface area contributed by atoms with E-state index in [4.69, 9.17) is 9.84 Å². The quantitative estimate of drug-likeness (QED) is 0.823. The molecule has 0 atom stereocenters. The van der Waals surface area contributed by atoms with Crippen molar-refractivity contribution in [1.82, 2.24) is 4.98 Å². The molecule has 1 aromatic rings. The van der Waals surface area contributed by atoms with E-state index in [1.807, 2.05) is 0 Å². The average molecular weight is 207 g/mol. The molecule has 80 valence electrons. The second-order valence-corrected chi connectivity index (χ2v) is 3.76. The predicted octanol–water partition coefficient (Wildman–Crippen LogP) is 2.02. The normalized spacial score (nSPS) is 15.8. The highest BCUT2D eigenvalue weighted by atomic mass is 16.5. The number of aromatic carboxylic acids is 1. The Bertz CT molecular complexity index is 385. The van der Waals surface area contributed by atoms with Crippen molar-refractivity contribution in [2.45, 2.75) is 32.3 Å². The molecule has 1 N–H and O–H groups in total. The number of pyridine rings is 1. The number of hydrogen-bond donors (Lipinski definition) is 1. The number of carboxylic acids is 1. The van der Waals surface area contributed by atoms with Gasteiger partial charge in [0.05, 0.1) is 11.3 Å². The standard InChI is InChI=1S/C11H13NO3/c1-7-9(11(13)14)5-6-10(12-7)15-8-3-2-4-8/h5-6,8H,2-4H2,1H3,(H,13,14). The van der Waals surface area contributed by atoms with E-state index in [1.165, 1.54) is 6.42 Å². The monoisotopic (exact) mass is 207 g/mol. The summed E-state index contributed by atoms with van der Waals surface area (Å²) < 4.78 is 5.56. The lowest BCUT2D eigenvalue weighted by Crippen LogP contribution is -2.25. The zero-order chi connectivity index (χ0) is 10.8. The van der Waals surface area contributed by atoms with E-state index >= 15 is 0 Å². The van der Waals surface area contributed by atoms with E-state index in [1.54, 1.807) is 19.1 Å². The molecule has 2 rings (SSSR count). The summed E-state index contributed by atoms with van der Waals surface area (Å²) in [7, 11) is 0. The zero-order valence-corrected chi connectivity index (χ0v) is 8.56. The van der Waals surface area contributed by atoms with Crippen LogP contribution in [0.4, 0.5) is 0 Å². The Kier molecular flexibility index (Phi) is 2.58. The maximum absolute atomic E-state index is 10.7. The number of carboxylic acid groups (broad SMARTS) is 1. The smallest absolute Gasteiger partial charge is 0.337 e. The van der Waals surface area contributed by atoms with Gasteiger partial charge in [-0.2, -0.15) is 0 Å². The Hall–Kier alpha value is -1.58. The molecule has 0 spiro atoms. The fourth-order valence-corrected chi connectivity index (χ4v) is 1.49. The first-order chi connectivity index (χ1) is 7.16. The summed E-state index contributed by atoms with van der Waals surface area (Å²) in [4.78, 5) is 14.9. The summed E-state index contributed by atoms with van der Waals surface area (Å²) in [5.41, 5.74) is 0.732. The number of nitrogens with zero attached hydrogens (tertiary/aromatic N) is 1. The van der Waals surface area contributed by atoms with Crippen LogP contribution in [0.5, 0.6) is 5.88 Å². The van der Waals surface area contributed by atoms with E-state index in [0.717, 1.165) is 12.8 Å². The van der Waals surface area contributed by atoms with Crippen LogP contribution in [-0.2, 0) is 0 Å². The Balaban J connectivity index is 2.13. The molecule has 0 saturated heterocycles. The first kappa shape index (κ1) is 9.96. The van der Waals surface area contributed by atoms with Crippen molar-refractivity contribution >= 4 is 5.97 Å². The van der Waals surface area contributed by atoms with Crippen LogP contribution in [0.1, 0.15) is 35.3 Å². The summed E-state index contributed by atoms with van der Waals surface area (Å²) in [6.07, 6.45) is 3.62. The van der Waals surface area contributed by atoms with Crippen LogP contribution in [-0.4, -0.2) is 22.2 Å². The minimum atomic E-state index is -0.949. The molecule has 0 unspecified atom stereocenters. The molecule has 4 heteroatoms. The largest absolute Gasteiger partial charge is 0.478 e. The number of ether oxygens (including phenoxy) is 1. The molecule has 1 fully saturated rings. The summed E-state index contributed by atoms with van der Waals surface area (Å²) in [5.74, 6) is -0.419. The molecule has 1 aliphatic rings. The molecular weight excluding hydrogens is 194 g/mol. The molecule has 0 bridgehead atoms. The molecular formula is C11H13NO3. The van der Waals surface area contributed by atoms with Gasteiger partial charge >= 0.3 is 5.97 Å². The van der Waals surface area contributed by atoms with E-state index in [0.29, 0.717) is 11.6 Å². The second kappa shape index (κ2) is 3.88. The van der Waals surface area contributed by atoms with Gasteiger partial charge in [-0.05, 0) is 32.3 Å². The van der Waals surface area contributed by atoms with Crippen LogP contribution < -0.4 is 4.74 Å². The Morgan fingerprint density at radius 1 is 1.53 bits per heavy atom. The lowest BCUT2D eigenvalue weighted by atomic mass is 9.96. The molecule has 0 aliphatic heterocycles. The van der Waals surface area contributed by atoms with Crippen molar-refractivity contribution in [3.63, 3.8) is 0 Å². The van der Waals surface area contributed by atoms with E-state index in [-0.39, 0.29) is 11.7 Å². The van der Waals surface area contributed by atoms with Crippen molar-refractivity contribution in [3.05, 3.63) is 23.4 Å². The average Bonchev–Trinajstić information content (AvgIpc) is 2.11. The van der Waals surface area contributed by atoms with Gasteiger partial charge in [-0.25, -0.2) is 9.78 Å². The second-order valence-electron chi connectivity index (χ2n) is 3.76. The predicted molar refractivity (Wildman–Crippen MR) is 54.2 cm³/mol. The molecule has 1 aromatic heterocycles. The zero-order valence-electron chi connectivity index (χ0n) is 8.56. The lowest BCUT2D eigenvalue weighted by molar-refractivity contribution is 0.0695. The van der Waals surface area contributed by atoms with Crippen molar-refractivity contribution in [1.29, 1.82) is 0 Å².